The van der Waals surface area contributed by atoms with Crippen LogP contribution < -0.4 is 10.6 Å². The van der Waals surface area contributed by atoms with Crippen LogP contribution in [0.15, 0.2) is 65.7 Å². The molecule has 0 aliphatic rings. The van der Waals surface area contributed by atoms with Gasteiger partial charge < -0.3 is 10.6 Å². The summed E-state index contributed by atoms with van der Waals surface area (Å²) in [4.78, 5) is 4.45. The molecule has 3 rings (SSSR count). The highest BCUT2D eigenvalue weighted by Crippen LogP contribution is 2.23. The Kier molecular flexibility index (Phi) is 9.55. The highest BCUT2D eigenvalue weighted by Gasteiger charge is 2.17. The summed E-state index contributed by atoms with van der Waals surface area (Å²) in [6.45, 7) is 7.15. The van der Waals surface area contributed by atoms with Crippen molar-refractivity contribution < 1.29 is 0 Å². The average molecular weight is 531 g/mol. The van der Waals surface area contributed by atoms with Gasteiger partial charge in [0, 0.05) is 38.3 Å². The molecule has 1 atom stereocenters. The van der Waals surface area contributed by atoms with Crippen molar-refractivity contribution >= 4 is 29.9 Å². The number of aliphatic imine (C=N–C) groups is 1. The molecule has 0 aliphatic carbocycles. The van der Waals surface area contributed by atoms with E-state index in [1.165, 1.54) is 22.4 Å². The van der Waals surface area contributed by atoms with Crippen LogP contribution in [-0.4, -0.2) is 35.4 Å². The Labute approximate surface area is 203 Å². The average Bonchev–Trinajstić information content (AvgIpc) is 3.00. The summed E-state index contributed by atoms with van der Waals surface area (Å²) in [5, 5.41) is 11.6. The SMILES string of the molecule is CN=C(NCC(c1ccccc1)c1ccccc1)NC(C)Cc1c(C)nn(C)c1C.I. The van der Waals surface area contributed by atoms with E-state index in [0.29, 0.717) is 0 Å². The topological polar surface area (TPSA) is 54.2 Å². The maximum Gasteiger partial charge on any atom is 0.191 e. The second-order valence-corrected chi connectivity index (χ2v) is 7.85. The molecule has 0 fully saturated rings. The molecule has 1 heterocycles. The van der Waals surface area contributed by atoms with Crippen LogP contribution in [0.1, 0.15) is 40.9 Å². The maximum atomic E-state index is 4.53. The molecule has 0 aliphatic heterocycles. The zero-order chi connectivity index (χ0) is 21.5. The number of halogens is 1. The number of guanidine groups is 1. The van der Waals surface area contributed by atoms with Crippen LogP contribution in [0.2, 0.25) is 0 Å². The predicted octanol–water partition coefficient (Wildman–Crippen LogP) is 4.58. The molecule has 0 spiro atoms. The van der Waals surface area contributed by atoms with Crippen LogP contribution in [0.25, 0.3) is 0 Å². The van der Waals surface area contributed by atoms with Crippen LogP contribution in [0, 0.1) is 13.8 Å². The van der Waals surface area contributed by atoms with Gasteiger partial charge in [-0.2, -0.15) is 5.10 Å². The summed E-state index contributed by atoms with van der Waals surface area (Å²) in [6.07, 6.45) is 0.910. The highest BCUT2D eigenvalue weighted by molar-refractivity contribution is 14.0. The maximum absolute atomic E-state index is 4.53. The van der Waals surface area contributed by atoms with E-state index in [4.69, 9.17) is 0 Å². The molecule has 1 aromatic heterocycles. The van der Waals surface area contributed by atoms with E-state index in [2.05, 4.69) is 102 Å². The molecule has 2 N–H and O–H groups in total. The first-order chi connectivity index (χ1) is 14.5. The van der Waals surface area contributed by atoms with Gasteiger partial charge in [-0.15, -0.1) is 24.0 Å². The molecule has 3 aromatic rings. The van der Waals surface area contributed by atoms with Crippen molar-refractivity contribution in [2.75, 3.05) is 13.6 Å². The van der Waals surface area contributed by atoms with E-state index in [0.717, 1.165) is 24.6 Å². The third kappa shape index (κ3) is 6.56. The lowest BCUT2D eigenvalue weighted by molar-refractivity contribution is 0.629. The molecule has 0 saturated carbocycles. The van der Waals surface area contributed by atoms with E-state index in [1.54, 1.807) is 0 Å². The largest absolute Gasteiger partial charge is 0.355 e. The first-order valence-electron chi connectivity index (χ1n) is 10.6. The molecule has 166 valence electrons. The van der Waals surface area contributed by atoms with Crippen molar-refractivity contribution in [1.82, 2.24) is 20.4 Å². The van der Waals surface area contributed by atoms with Crippen molar-refractivity contribution in [3.63, 3.8) is 0 Å². The number of nitrogens with zero attached hydrogens (tertiary/aromatic N) is 3. The number of hydrogen-bond acceptors (Lipinski definition) is 2. The summed E-state index contributed by atoms with van der Waals surface area (Å²) in [5.74, 6) is 1.07. The number of aromatic nitrogens is 2. The Morgan fingerprint density at radius 3 is 2.00 bits per heavy atom. The van der Waals surface area contributed by atoms with E-state index in [1.807, 2.05) is 18.8 Å². The fraction of sp³-hybridized carbons (Fsp3) is 0.360. The smallest absolute Gasteiger partial charge is 0.191 e. The van der Waals surface area contributed by atoms with Crippen LogP contribution in [0.5, 0.6) is 0 Å². The van der Waals surface area contributed by atoms with E-state index in [-0.39, 0.29) is 35.9 Å². The second kappa shape index (κ2) is 11.9. The van der Waals surface area contributed by atoms with Gasteiger partial charge >= 0.3 is 0 Å². The van der Waals surface area contributed by atoms with Crippen molar-refractivity contribution in [2.45, 2.75) is 39.2 Å². The van der Waals surface area contributed by atoms with Gasteiger partial charge in [-0.25, -0.2) is 0 Å². The zero-order valence-corrected chi connectivity index (χ0v) is 21.4. The lowest BCUT2D eigenvalue weighted by Crippen LogP contribution is -2.44. The van der Waals surface area contributed by atoms with Gasteiger partial charge in [0.2, 0.25) is 0 Å². The third-order valence-corrected chi connectivity index (χ3v) is 5.65. The van der Waals surface area contributed by atoms with Gasteiger partial charge in [0.1, 0.15) is 0 Å². The number of hydrogen-bond donors (Lipinski definition) is 2. The molecule has 5 nitrogen and oxygen atoms in total. The minimum Gasteiger partial charge on any atom is -0.355 e. The van der Waals surface area contributed by atoms with Gasteiger partial charge in [-0.1, -0.05) is 60.7 Å². The molecule has 0 saturated heterocycles. The Balaban J connectivity index is 0.00000341. The Morgan fingerprint density at radius 2 is 1.55 bits per heavy atom. The minimum absolute atomic E-state index is 0. The molecule has 0 radical (unpaired) electrons. The summed E-state index contributed by atoms with van der Waals surface area (Å²) in [7, 11) is 3.82. The van der Waals surface area contributed by atoms with Crippen molar-refractivity contribution in [3.05, 3.63) is 88.7 Å². The number of rotatable bonds is 7. The first-order valence-corrected chi connectivity index (χ1v) is 10.6. The Hall–Kier alpha value is -2.35. The molecular formula is C25H34IN5. The quantitative estimate of drug-likeness (QED) is 0.267. The number of aryl methyl sites for hydroxylation is 2. The van der Waals surface area contributed by atoms with Crippen LogP contribution >= 0.6 is 24.0 Å². The monoisotopic (exact) mass is 531 g/mol. The summed E-state index contributed by atoms with van der Waals surface area (Å²) < 4.78 is 1.95. The van der Waals surface area contributed by atoms with Crippen LogP contribution in [-0.2, 0) is 13.5 Å². The highest BCUT2D eigenvalue weighted by atomic mass is 127. The summed E-state index contributed by atoms with van der Waals surface area (Å²) in [6, 6.07) is 21.5. The molecule has 0 amide bonds. The standard InChI is InChI=1S/C25H33N5.HI/c1-18(16-23-19(2)29-30(5)20(23)3)28-25(26-4)27-17-24(21-12-8-6-9-13-21)22-14-10-7-11-15-22;/h6-15,18,24H,16-17H2,1-5H3,(H2,26,27,28);1H. The van der Waals surface area contributed by atoms with Gasteiger partial charge in [0.15, 0.2) is 5.96 Å². The Morgan fingerprint density at radius 1 is 1.00 bits per heavy atom. The molecule has 31 heavy (non-hydrogen) atoms. The number of nitrogens with one attached hydrogen (secondary N) is 2. The lowest BCUT2D eigenvalue weighted by atomic mass is 9.91. The zero-order valence-electron chi connectivity index (χ0n) is 19.1. The van der Waals surface area contributed by atoms with Crippen molar-refractivity contribution in [3.8, 4) is 0 Å². The van der Waals surface area contributed by atoms with Gasteiger partial charge in [0.05, 0.1) is 5.69 Å². The number of benzene rings is 2. The van der Waals surface area contributed by atoms with E-state index < -0.39 is 0 Å². The lowest BCUT2D eigenvalue weighted by Gasteiger charge is -2.22. The minimum atomic E-state index is 0. The molecule has 0 bridgehead atoms. The van der Waals surface area contributed by atoms with Gasteiger partial charge in [-0.3, -0.25) is 9.67 Å². The summed E-state index contributed by atoms with van der Waals surface area (Å²) in [5.41, 5.74) is 6.21. The van der Waals surface area contributed by atoms with E-state index in [9.17, 15) is 0 Å². The van der Waals surface area contributed by atoms with Gasteiger partial charge in [-0.05, 0) is 43.9 Å². The molecular weight excluding hydrogens is 497 g/mol. The van der Waals surface area contributed by atoms with Crippen molar-refractivity contribution in [2.24, 2.45) is 12.0 Å². The second-order valence-electron chi connectivity index (χ2n) is 7.85. The van der Waals surface area contributed by atoms with Gasteiger partial charge in [0.25, 0.3) is 0 Å². The fourth-order valence-electron chi connectivity index (χ4n) is 3.90. The molecule has 1 unspecified atom stereocenters. The fourth-order valence-corrected chi connectivity index (χ4v) is 3.90. The molecule has 2 aromatic carbocycles. The van der Waals surface area contributed by atoms with Crippen LogP contribution in [0.3, 0.4) is 0 Å². The molecule has 6 heteroatoms. The van der Waals surface area contributed by atoms with Crippen molar-refractivity contribution in [1.29, 1.82) is 0 Å². The Bertz CT molecular complexity index is 927. The third-order valence-electron chi connectivity index (χ3n) is 5.65. The predicted molar refractivity (Wildman–Crippen MR) is 140 cm³/mol. The summed E-state index contributed by atoms with van der Waals surface area (Å²) >= 11 is 0. The van der Waals surface area contributed by atoms with Crippen LogP contribution in [0.4, 0.5) is 0 Å². The van der Waals surface area contributed by atoms with E-state index >= 15 is 0 Å². The first kappa shape index (κ1) is 24.9. The normalized spacial score (nSPS) is 12.4.